The van der Waals surface area contributed by atoms with Crippen LogP contribution in [0.4, 0.5) is 5.69 Å². The van der Waals surface area contributed by atoms with E-state index in [1.54, 1.807) is 6.92 Å². The van der Waals surface area contributed by atoms with E-state index in [1.165, 1.54) is 0 Å². The minimum atomic E-state index is -0.838. The molecule has 132 valence electrons. The Morgan fingerprint density at radius 1 is 0.960 bits per heavy atom. The minimum Gasteiger partial charge on any atom is -0.453 e. The summed E-state index contributed by atoms with van der Waals surface area (Å²) in [4.78, 5) is 24.4. The van der Waals surface area contributed by atoms with E-state index in [-0.39, 0.29) is 24.2 Å². The Kier molecular flexibility index (Phi) is 6.34. The van der Waals surface area contributed by atoms with E-state index in [0.717, 1.165) is 22.4 Å². The number of ether oxygens (including phenoxy) is 1. The zero-order valence-electron chi connectivity index (χ0n) is 15.2. The summed E-state index contributed by atoms with van der Waals surface area (Å²) in [6.45, 7) is 7.42. The van der Waals surface area contributed by atoms with Crippen LogP contribution in [0.15, 0.2) is 48.5 Å². The van der Waals surface area contributed by atoms with Crippen molar-refractivity contribution in [2.24, 2.45) is 0 Å². The number of aryl methyl sites for hydroxylation is 2. The van der Waals surface area contributed by atoms with E-state index in [4.69, 9.17) is 4.74 Å². The summed E-state index contributed by atoms with van der Waals surface area (Å²) in [6, 6.07) is 15.6. The molecule has 2 aromatic rings. The summed E-state index contributed by atoms with van der Waals surface area (Å²) in [7, 11) is 0. The summed E-state index contributed by atoms with van der Waals surface area (Å²) in [6.07, 6.45) is -0.597. The lowest BCUT2D eigenvalue weighted by atomic mass is 9.98. The minimum absolute atomic E-state index is 0.0440. The summed E-state index contributed by atoms with van der Waals surface area (Å²) >= 11 is 0. The second-order valence-electron chi connectivity index (χ2n) is 6.40. The highest BCUT2D eigenvalue weighted by Crippen LogP contribution is 2.21. The number of carbonyl (C=O) groups is 2. The van der Waals surface area contributed by atoms with Crippen LogP contribution in [0.5, 0.6) is 0 Å². The van der Waals surface area contributed by atoms with Crippen LogP contribution in [0.25, 0.3) is 0 Å². The lowest BCUT2D eigenvalue weighted by molar-refractivity contribution is -0.153. The molecule has 0 fully saturated rings. The number of carbonyl (C=O) groups excluding carboxylic acids is 2. The summed E-state index contributed by atoms with van der Waals surface area (Å²) in [5.74, 6) is -0.652. The van der Waals surface area contributed by atoms with Gasteiger partial charge in [-0.1, -0.05) is 55.5 Å². The fourth-order valence-corrected chi connectivity index (χ4v) is 2.68. The number of hydrogen-bond acceptors (Lipinski definition) is 3. The van der Waals surface area contributed by atoms with Crippen LogP contribution in [0, 0.1) is 13.8 Å². The fraction of sp³-hybridized carbons (Fsp3) is 0.333. The van der Waals surface area contributed by atoms with Gasteiger partial charge in [0, 0.05) is 5.69 Å². The molecule has 0 spiro atoms. The number of para-hydroxylation sites is 1. The first-order valence-corrected chi connectivity index (χ1v) is 8.50. The van der Waals surface area contributed by atoms with Crippen LogP contribution in [0.1, 0.15) is 42.9 Å². The lowest BCUT2D eigenvalue weighted by Gasteiger charge is -2.17. The Balaban J connectivity index is 1.91. The largest absolute Gasteiger partial charge is 0.453 e. The average molecular weight is 339 g/mol. The molecule has 2 aromatic carbocycles. The average Bonchev–Trinajstić information content (AvgIpc) is 2.58. The Labute approximate surface area is 149 Å². The molecule has 2 rings (SSSR count). The molecule has 1 N–H and O–H groups in total. The van der Waals surface area contributed by atoms with Crippen LogP contribution in [-0.2, 0) is 14.3 Å². The summed E-state index contributed by atoms with van der Waals surface area (Å²) < 4.78 is 5.31. The molecule has 0 saturated heterocycles. The molecule has 0 heterocycles. The molecule has 0 aliphatic carbocycles. The van der Waals surface area contributed by atoms with Crippen molar-refractivity contribution in [1.29, 1.82) is 0 Å². The second kappa shape index (κ2) is 8.47. The maximum Gasteiger partial charge on any atom is 0.307 e. The molecule has 0 aliphatic rings. The van der Waals surface area contributed by atoms with Crippen molar-refractivity contribution in [1.82, 2.24) is 0 Å². The number of benzene rings is 2. The molecule has 0 aromatic heterocycles. The predicted octanol–water partition coefficient (Wildman–Crippen LogP) is 4.37. The van der Waals surface area contributed by atoms with Crippen molar-refractivity contribution >= 4 is 17.6 Å². The van der Waals surface area contributed by atoms with Gasteiger partial charge in [0.1, 0.15) is 0 Å². The topological polar surface area (TPSA) is 55.4 Å². The summed E-state index contributed by atoms with van der Waals surface area (Å²) in [5.41, 5.74) is 3.80. The van der Waals surface area contributed by atoms with Gasteiger partial charge < -0.3 is 10.1 Å². The monoisotopic (exact) mass is 339 g/mol. The molecule has 25 heavy (non-hydrogen) atoms. The van der Waals surface area contributed by atoms with Gasteiger partial charge in [0.05, 0.1) is 6.42 Å². The van der Waals surface area contributed by atoms with E-state index in [9.17, 15) is 9.59 Å². The molecule has 0 unspecified atom stereocenters. The van der Waals surface area contributed by atoms with E-state index >= 15 is 0 Å². The number of nitrogens with one attached hydrogen (secondary N) is 1. The zero-order chi connectivity index (χ0) is 18.4. The third-order valence-corrected chi connectivity index (χ3v) is 4.25. The SMILES string of the molecule is Cc1cccc(C)c1NC(=O)[C@@H](C)OC(=O)C[C@H](C)c1ccccc1. The first-order chi connectivity index (χ1) is 11.9. The number of hydrogen-bond donors (Lipinski definition) is 1. The Morgan fingerprint density at radius 3 is 2.16 bits per heavy atom. The number of amides is 1. The van der Waals surface area contributed by atoms with Gasteiger partial charge in [-0.15, -0.1) is 0 Å². The smallest absolute Gasteiger partial charge is 0.307 e. The molecule has 2 atom stereocenters. The normalized spacial score (nSPS) is 13.0. The van der Waals surface area contributed by atoms with E-state index < -0.39 is 6.10 Å². The maximum atomic E-state index is 12.3. The van der Waals surface area contributed by atoms with Crippen LogP contribution in [0.3, 0.4) is 0 Å². The van der Waals surface area contributed by atoms with Crippen LogP contribution in [0.2, 0.25) is 0 Å². The first kappa shape index (κ1) is 18.7. The number of rotatable bonds is 6. The van der Waals surface area contributed by atoms with Gasteiger partial charge in [-0.05, 0) is 43.4 Å². The quantitative estimate of drug-likeness (QED) is 0.795. The fourth-order valence-electron chi connectivity index (χ4n) is 2.68. The van der Waals surface area contributed by atoms with Gasteiger partial charge in [-0.25, -0.2) is 0 Å². The lowest BCUT2D eigenvalue weighted by Crippen LogP contribution is -2.30. The van der Waals surface area contributed by atoms with Crippen molar-refractivity contribution < 1.29 is 14.3 Å². The molecule has 0 saturated carbocycles. The maximum absolute atomic E-state index is 12.3. The number of anilines is 1. The first-order valence-electron chi connectivity index (χ1n) is 8.50. The van der Waals surface area contributed by atoms with Crippen LogP contribution >= 0.6 is 0 Å². The van der Waals surface area contributed by atoms with Gasteiger partial charge in [0.2, 0.25) is 0 Å². The van der Waals surface area contributed by atoms with Crippen molar-refractivity contribution in [3.05, 3.63) is 65.2 Å². The third-order valence-electron chi connectivity index (χ3n) is 4.25. The predicted molar refractivity (Wildman–Crippen MR) is 99.6 cm³/mol. The van der Waals surface area contributed by atoms with E-state index in [2.05, 4.69) is 5.32 Å². The van der Waals surface area contributed by atoms with E-state index in [1.807, 2.05) is 69.3 Å². The van der Waals surface area contributed by atoms with Gasteiger partial charge in [-0.2, -0.15) is 0 Å². The Hall–Kier alpha value is -2.62. The highest BCUT2D eigenvalue weighted by molar-refractivity contribution is 5.96. The molecule has 4 nitrogen and oxygen atoms in total. The van der Waals surface area contributed by atoms with Gasteiger partial charge in [0.15, 0.2) is 6.10 Å². The molecule has 0 radical (unpaired) electrons. The standard InChI is InChI=1S/C21H25NO3/c1-14-9-8-10-15(2)20(14)22-21(24)17(4)25-19(23)13-16(3)18-11-6-5-7-12-18/h5-12,16-17H,13H2,1-4H3,(H,22,24)/t16-,17+/m0/s1. The Morgan fingerprint density at radius 2 is 1.56 bits per heavy atom. The summed E-state index contributed by atoms with van der Waals surface area (Å²) in [5, 5.41) is 2.85. The van der Waals surface area contributed by atoms with Crippen molar-refractivity contribution in [2.75, 3.05) is 5.32 Å². The zero-order valence-corrected chi connectivity index (χ0v) is 15.2. The second-order valence-corrected chi connectivity index (χ2v) is 6.40. The molecule has 0 aliphatic heterocycles. The molecule has 4 heteroatoms. The van der Waals surface area contributed by atoms with Gasteiger partial charge >= 0.3 is 5.97 Å². The molecular formula is C21H25NO3. The highest BCUT2D eigenvalue weighted by Gasteiger charge is 2.20. The van der Waals surface area contributed by atoms with Gasteiger partial charge in [0.25, 0.3) is 5.91 Å². The Bertz CT molecular complexity index is 720. The van der Waals surface area contributed by atoms with Crippen LogP contribution < -0.4 is 5.32 Å². The number of esters is 1. The molecule has 0 bridgehead atoms. The van der Waals surface area contributed by atoms with Gasteiger partial charge in [-0.3, -0.25) is 9.59 Å². The van der Waals surface area contributed by atoms with Crippen molar-refractivity contribution in [3.8, 4) is 0 Å². The van der Waals surface area contributed by atoms with E-state index in [0.29, 0.717) is 0 Å². The van der Waals surface area contributed by atoms with Crippen molar-refractivity contribution in [2.45, 2.75) is 46.1 Å². The third kappa shape index (κ3) is 5.18. The highest BCUT2D eigenvalue weighted by atomic mass is 16.5. The molecule has 1 amide bonds. The molecular weight excluding hydrogens is 314 g/mol. The van der Waals surface area contributed by atoms with Crippen LogP contribution in [-0.4, -0.2) is 18.0 Å². The van der Waals surface area contributed by atoms with Crippen molar-refractivity contribution in [3.63, 3.8) is 0 Å².